The molecular formula is C27H35ClF2N2O4. The van der Waals surface area contributed by atoms with Crippen molar-refractivity contribution in [1.29, 1.82) is 0 Å². The molecule has 0 saturated heterocycles. The number of allylic oxidation sites excluding steroid dienone is 1. The molecule has 4 aliphatic rings. The molecule has 4 aliphatic carbocycles. The number of aromatic nitrogens is 2. The lowest BCUT2D eigenvalue weighted by Gasteiger charge is -2.64. The van der Waals surface area contributed by atoms with Gasteiger partial charge in [0.05, 0.1) is 23.9 Å². The Labute approximate surface area is 215 Å². The first-order valence-corrected chi connectivity index (χ1v) is 13.4. The highest BCUT2D eigenvalue weighted by Gasteiger charge is 2.78. The lowest BCUT2D eigenvalue weighted by atomic mass is 9.43. The van der Waals surface area contributed by atoms with Crippen LogP contribution in [0.2, 0.25) is 0 Å². The molecular weight excluding hydrogens is 490 g/mol. The van der Waals surface area contributed by atoms with E-state index in [1.807, 2.05) is 6.92 Å². The van der Waals surface area contributed by atoms with Crippen molar-refractivity contribution in [3.63, 3.8) is 0 Å². The lowest BCUT2D eigenvalue weighted by molar-refractivity contribution is -0.236. The number of carbonyl (C=O) groups excluding carboxylic acids is 2. The molecule has 36 heavy (non-hydrogen) atoms. The molecule has 3 saturated carbocycles. The molecule has 198 valence electrons. The van der Waals surface area contributed by atoms with Gasteiger partial charge in [0.15, 0.2) is 11.4 Å². The second kappa shape index (κ2) is 8.10. The maximum absolute atomic E-state index is 17.7. The van der Waals surface area contributed by atoms with Crippen LogP contribution in [0.4, 0.5) is 8.78 Å². The first-order chi connectivity index (χ1) is 16.8. The number of ketones is 1. The molecule has 6 nitrogen and oxygen atoms in total. The van der Waals surface area contributed by atoms with E-state index in [1.165, 1.54) is 0 Å². The van der Waals surface area contributed by atoms with Gasteiger partial charge < -0.3 is 9.84 Å². The number of aliphatic hydroxyl groups is 1. The average Bonchev–Trinajstić information content (AvgIpc) is 3.29. The molecule has 0 radical (unpaired) electrons. The number of aryl methyl sites for hydroxylation is 1. The van der Waals surface area contributed by atoms with Gasteiger partial charge in [0.25, 0.3) is 0 Å². The summed E-state index contributed by atoms with van der Waals surface area (Å²) in [6.07, 6.45) is 0.952. The fraction of sp³-hybridized carbons (Fsp3) is 0.741. The number of rotatable bonds is 4. The third kappa shape index (κ3) is 2.89. The molecule has 0 unspecified atom stereocenters. The summed E-state index contributed by atoms with van der Waals surface area (Å²) < 4.78 is 41.3. The smallest absolute Gasteiger partial charge is 0.306 e. The van der Waals surface area contributed by atoms with E-state index in [9.17, 15) is 14.7 Å². The Hall–Kier alpha value is -1.80. The number of carbonyl (C=O) groups is 2. The van der Waals surface area contributed by atoms with Crippen LogP contribution >= 0.6 is 11.6 Å². The van der Waals surface area contributed by atoms with Gasteiger partial charge in [0.2, 0.25) is 0 Å². The van der Waals surface area contributed by atoms with Crippen LogP contribution in [-0.2, 0) is 27.8 Å². The van der Waals surface area contributed by atoms with Crippen LogP contribution in [0.3, 0.4) is 0 Å². The van der Waals surface area contributed by atoms with Gasteiger partial charge in [-0.15, -0.1) is 11.6 Å². The molecule has 5 rings (SSSR count). The summed E-state index contributed by atoms with van der Waals surface area (Å²) in [6, 6.07) is 0. The van der Waals surface area contributed by atoms with Crippen molar-refractivity contribution in [3.8, 4) is 0 Å². The van der Waals surface area contributed by atoms with Crippen molar-refractivity contribution in [1.82, 2.24) is 9.78 Å². The summed E-state index contributed by atoms with van der Waals surface area (Å²) in [5.41, 5.74) is -4.17. The zero-order valence-corrected chi connectivity index (χ0v) is 22.2. The topological polar surface area (TPSA) is 81.4 Å². The third-order valence-corrected chi connectivity index (χ3v) is 10.6. The number of hydrogen-bond acceptors (Lipinski definition) is 5. The van der Waals surface area contributed by atoms with Crippen LogP contribution in [0.25, 0.3) is 6.08 Å². The molecule has 0 bridgehead atoms. The van der Waals surface area contributed by atoms with Gasteiger partial charge >= 0.3 is 5.97 Å². The first kappa shape index (κ1) is 25.8. The van der Waals surface area contributed by atoms with E-state index in [0.717, 1.165) is 11.3 Å². The Morgan fingerprint density at radius 1 is 1.31 bits per heavy atom. The fourth-order valence-electron chi connectivity index (χ4n) is 8.72. The second-order valence-electron chi connectivity index (χ2n) is 11.9. The van der Waals surface area contributed by atoms with E-state index in [0.29, 0.717) is 12.0 Å². The maximum atomic E-state index is 17.7. The SMILES string of the molecule is CCC(=O)O[C@]1(C(=O)CCl)[C@@H](C)C[C@H]2[C@@H]3C[C@H](F)C4=Cc5c(cnn5C)C[C@]4(C)[C@@]3(F)[C@@H](O)C[C@@]21C. The molecule has 1 N–H and O–H groups in total. The third-order valence-electron chi connectivity index (χ3n) is 10.4. The zero-order chi connectivity index (χ0) is 26.4. The highest BCUT2D eigenvalue weighted by molar-refractivity contribution is 6.29. The number of aliphatic hydroxyl groups excluding tert-OH is 1. The lowest BCUT2D eigenvalue weighted by Crippen LogP contribution is -2.71. The average molecular weight is 525 g/mol. The van der Waals surface area contributed by atoms with Gasteiger partial charge in [0.1, 0.15) is 11.8 Å². The Morgan fingerprint density at radius 2 is 2.00 bits per heavy atom. The molecule has 3 fully saturated rings. The number of alkyl halides is 3. The minimum absolute atomic E-state index is 0.0655. The van der Waals surface area contributed by atoms with Crippen LogP contribution in [0, 0.1) is 28.6 Å². The number of esters is 1. The van der Waals surface area contributed by atoms with E-state index in [1.54, 1.807) is 44.8 Å². The quantitative estimate of drug-likeness (QED) is 0.467. The molecule has 1 aromatic heterocycles. The summed E-state index contributed by atoms with van der Waals surface area (Å²) in [5, 5.41) is 15.9. The number of fused-ring (bicyclic) bond motifs is 6. The van der Waals surface area contributed by atoms with Gasteiger partial charge in [-0.2, -0.15) is 5.10 Å². The van der Waals surface area contributed by atoms with E-state index >= 15 is 8.78 Å². The number of halogens is 3. The molecule has 0 aromatic carbocycles. The van der Waals surface area contributed by atoms with Gasteiger partial charge in [0, 0.05) is 36.1 Å². The van der Waals surface area contributed by atoms with Crippen molar-refractivity contribution in [3.05, 3.63) is 23.0 Å². The summed E-state index contributed by atoms with van der Waals surface area (Å²) in [7, 11) is 1.77. The minimum atomic E-state index is -2.13. The molecule has 1 aromatic rings. The molecule has 1 heterocycles. The van der Waals surface area contributed by atoms with Gasteiger partial charge in [-0.05, 0) is 48.8 Å². The zero-order valence-electron chi connectivity index (χ0n) is 21.5. The van der Waals surface area contributed by atoms with Crippen LogP contribution < -0.4 is 0 Å². The van der Waals surface area contributed by atoms with E-state index in [-0.39, 0.29) is 31.6 Å². The van der Waals surface area contributed by atoms with Crippen molar-refractivity contribution < 1.29 is 28.2 Å². The van der Waals surface area contributed by atoms with Crippen molar-refractivity contribution in [2.24, 2.45) is 35.6 Å². The predicted octanol–water partition coefficient (Wildman–Crippen LogP) is 4.36. The van der Waals surface area contributed by atoms with Crippen LogP contribution in [-0.4, -0.2) is 56.1 Å². The fourth-order valence-corrected chi connectivity index (χ4v) is 8.92. The normalized spacial score (nSPS) is 45.1. The van der Waals surface area contributed by atoms with Crippen LogP contribution in [0.15, 0.2) is 11.8 Å². The van der Waals surface area contributed by atoms with Crippen LogP contribution in [0.5, 0.6) is 0 Å². The highest BCUT2D eigenvalue weighted by atomic mass is 35.5. The number of hydrogen-bond donors (Lipinski definition) is 1. The first-order valence-electron chi connectivity index (χ1n) is 12.9. The Kier molecular flexibility index (Phi) is 5.81. The summed E-state index contributed by atoms with van der Waals surface area (Å²) in [4.78, 5) is 26.0. The Balaban J connectivity index is 1.65. The van der Waals surface area contributed by atoms with E-state index in [4.69, 9.17) is 16.3 Å². The van der Waals surface area contributed by atoms with Crippen molar-refractivity contribution in [2.75, 3.05) is 5.88 Å². The number of ether oxygens (including phenoxy) is 1. The standard InChI is InChI=1S/C27H35ClF2N2O4/c1-6-23(35)36-27(22(34)12-28)14(2)7-16-17-8-19(29)18-9-20-15(13-31-32(20)5)10-24(18,3)26(17,30)21(33)11-25(16,27)4/h9,13-14,16-17,19,21,33H,6-8,10-12H2,1-5H3/t14-,16-,17-,19-,21-,24-,25-,26-,27-/m0/s1. The van der Waals surface area contributed by atoms with E-state index in [2.05, 4.69) is 5.10 Å². The molecule has 9 atom stereocenters. The van der Waals surface area contributed by atoms with Gasteiger partial charge in [-0.3, -0.25) is 14.3 Å². The molecule has 0 spiro atoms. The predicted molar refractivity (Wildman–Crippen MR) is 131 cm³/mol. The number of nitrogens with zero attached hydrogens (tertiary/aromatic N) is 2. The minimum Gasteiger partial charge on any atom is -0.450 e. The summed E-state index contributed by atoms with van der Waals surface area (Å²) >= 11 is 6.04. The summed E-state index contributed by atoms with van der Waals surface area (Å²) in [6.45, 7) is 6.96. The van der Waals surface area contributed by atoms with Crippen molar-refractivity contribution in [2.45, 2.75) is 83.3 Å². The van der Waals surface area contributed by atoms with Gasteiger partial charge in [-0.1, -0.05) is 27.7 Å². The molecule has 0 amide bonds. The van der Waals surface area contributed by atoms with Crippen molar-refractivity contribution >= 4 is 29.4 Å². The van der Waals surface area contributed by atoms with Gasteiger partial charge in [-0.25, -0.2) is 8.78 Å². The molecule has 9 heteroatoms. The monoisotopic (exact) mass is 524 g/mol. The highest BCUT2D eigenvalue weighted by Crippen LogP contribution is 2.72. The largest absolute Gasteiger partial charge is 0.450 e. The van der Waals surface area contributed by atoms with E-state index < -0.39 is 63.9 Å². The maximum Gasteiger partial charge on any atom is 0.306 e. The Bertz CT molecular complexity index is 1150. The Morgan fingerprint density at radius 3 is 2.64 bits per heavy atom. The van der Waals surface area contributed by atoms with Crippen LogP contribution in [0.1, 0.15) is 64.6 Å². The summed E-state index contributed by atoms with van der Waals surface area (Å²) in [5.74, 6) is -3.17. The molecule has 0 aliphatic heterocycles. The second-order valence-corrected chi connectivity index (χ2v) is 12.1. The number of Topliss-reactive ketones (excluding diaryl/α,β-unsaturated/α-hetero) is 1.